The minimum Gasteiger partial charge on any atom is -0.295 e. The summed E-state index contributed by atoms with van der Waals surface area (Å²) in [6.45, 7) is 11.6. The molecule has 0 aromatic rings. The Kier molecular flexibility index (Phi) is 6.82. The van der Waals surface area contributed by atoms with E-state index in [0.717, 1.165) is 4.90 Å². The maximum absolute atomic E-state index is 12.4. The quantitative estimate of drug-likeness (QED) is 0.632. The van der Waals surface area contributed by atoms with Crippen molar-refractivity contribution in [3.05, 3.63) is 36.0 Å². The molecule has 4 amide bonds. The molecule has 1 unspecified atom stereocenters. The number of piperidine rings is 1. The highest BCUT2D eigenvalue weighted by molar-refractivity contribution is 6.26. The van der Waals surface area contributed by atoms with Crippen LogP contribution >= 0.6 is 0 Å². The lowest BCUT2D eigenvalue weighted by Gasteiger charge is -2.27. The van der Waals surface area contributed by atoms with Gasteiger partial charge < -0.3 is 0 Å². The summed E-state index contributed by atoms with van der Waals surface area (Å²) in [5.74, 6) is -1.83. The van der Waals surface area contributed by atoms with Gasteiger partial charge in [-0.15, -0.1) is 0 Å². The first-order valence-electron chi connectivity index (χ1n) is 8.12. The Bertz CT molecular complexity index is 629. The Morgan fingerprint density at radius 1 is 1.17 bits per heavy atom. The van der Waals surface area contributed by atoms with Crippen molar-refractivity contribution < 1.29 is 19.2 Å². The normalized spacial score (nSPS) is 23.2. The van der Waals surface area contributed by atoms with Crippen molar-refractivity contribution in [3.63, 3.8) is 0 Å². The highest BCUT2D eigenvalue weighted by atomic mass is 16.2. The van der Waals surface area contributed by atoms with E-state index in [-0.39, 0.29) is 24.0 Å². The molecule has 1 N–H and O–H groups in total. The van der Waals surface area contributed by atoms with E-state index in [1.54, 1.807) is 6.08 Å². The van der Waals surface area contributed by atoms with Crippen LogP contribution in [0.5, 0.6) is 0 Å². The molecule has 1 atom stereocenters. The van der Waals surface area contributed by atoms with Crippen LogP contribution in [0.1, 0.15) is 40.5 Å². The van der Waals surface area contributed by atoms with E-state index in [0.29, 0.717) is 5.92 Å². The zero-order valence-corrected chi connectivity index (χ0v) is 14.6. The largest absolute Gasteiger partial charge is 0.295 e. The molecule has 2 heterocycles. The molecule has 24 heavy (non-hydrogen) atoms. The summed E-state index contributed by atoms with van der Waals surface area (Å²) in [5, 5.41) is 2.15. The van der Waals surface area contributed by atoms with Crippen LogP contribution < -0.4 is 5.32 Å². The summed E-state index contributed by atoms with van der Waals surface area (Å²) >= 11 is 0. The molecular formula is C18H24N2O4. The van der Waals surface area contributed by atoms with E-state index < -0.39 is 29.7 Å². The number of nitrogens with zero attached hydrogens (tertiary/aromatic N) is 1. The zero-order valence-electron chi connectivity index (χ0n) is 14.6. The topological polar surface area (TPSA) is 83.6 Å². The van der Waals surface area contributed by atoms with Crippen LogP contribution in [0.4, 0.5) is 0 Å². The molecule has 6 nitrogen and oxygen atoms in total. The number of hydrogen-bond acceptors (Lipinski definition) is 4. The van der Waals surface area contributed by atoms with Crippen LogP contribution in [0.15, 0.2) is 36.0 Å². The fraction of sp³-hybridized carbons (Fsp3) is 0.444. The Morgan fingerprint density at radius 3 is 2.33 bits per heavy atom. The summed E-state index contributed by atoms with van der Waals surface area (Å²) in [5.41, 5.74) is 0.259. The third-order valence-electron chi connectivity index (χ3n) is 3.53. The van der Waals surface area contributed by atoms with Gasteiger partial charge >= 0.3 is 0 Å². The van der Waals surface area contributed by atoms with Gasteiger partial charge in [-0.1, -0.05) is 46.4 Å². The van der Waals surface area contributed by atoms with Crippen LogP contribution in [-0.2, 0) is 19.2 Å². The van der Waals surface area contributed by atoms with E-state index >= 15 is 0 Å². The standard InChI is InChI=1S/C16H18N2O4.C2H6/c1-9(2)5-4-6-11-10(3)15(21)18(16(11)22)12-7-8-13(19)17-14(12)20;1-2/h4-6,9,12H,3,7-8H2,1-2H3,(H,17,19,20);1-2H3/b5-4-,11-6+;. The maximum atomic E-state index is 12.4. The van der Waals surface area contributed by atoms with Gasteiger partial charge in [-0.2, -0.15) is 0 Å². The van der Waals surface area contributed by atoms with E-state index in [2.05, 4.69) is 11.9 Å². The molecule has 2 fully saturated rings. The molecule has 0 radical (unpaired) electrons. The molecule has 0 aromatic carbocycles. The van der Waals surface area contributed by atoms with Crippen molar-refractivity contribution in [1.82, 2.24) is 10.2 Å². The Morgan fingerprint density at radius 2 is 1.79 bits per heavy atom. The van der Waals surface area contributed by atoms with Crippen LogP contribution in [0.2, 0.25) is 0 Å². The fourth-order valence-corrected chi connectivity index (χ4v) is 2.37. The zero-order chi connectivity index (χ0) is 18.4. The number of carbonyl (C=O) groups is 4. The average Bonchev–Trinajstić information content (AvgIpc) is 2.73. The van der Waals surface area contributed by atoms with Crippen molar-refractivity contribution in [2.24, 2.45) is 5.92 Å². The molecule has 0 bridgehead atoms. The number of imide groups is 2. The van der Waals surface area contributed by atoms with Crippen molar-refractivity contribution in [1.29, 1.82) is 0 Å². The number of nitrogens with one attached hydrogen (secondary N) is 1. The summed E-state index contributed by atoms with van der Waals surface area (Å²) in [7, 11) is 0. The molecule has 6 heteroatoms. The smallest absolute Gasteiger partial charge is 0.262 e. The first kappa shape index (κ1) is 19.5. The van der Waals surface area contributed by atoms with Crippen LogP contribution in [0, 0.1) is 5.92 Å². The van der Waals surface area contributed by atoms with Gasteiger partial charge in [-0.05, 0) is 18.4 Å². The van der Waals surface area contributed by atoms with E-state index in [1.807, 2.05) is 33.8 Å². The van der Waals surface area contributed by atoms with E-state index in [9.17, 15) is 19.2 Å². The van der Waals surface area contributed by atoms with Gasteiger partial charge in [-0.3, -0.25) is 29.4 Å². The minimum absolute atomic E-state index is 0.0723. The molecule has 2 rings (SSSR count). The first-order chi connectivity index (χ1) is 11.3. The van der Waals surface area contributed by atoms with Crippen molar-refractivity contribution in [2.75, 3.05) is 0 Å². The summed E-state index contributed by atoms with van der Waals surface area (Å²) in [4.78, 5) is 48.6. The fourth-order valence-electron chi connectivity index (χ4n) is 2.37. The highest BCUT2D eigenvalue weighted by Crippen LogP contribution is 2.28. The molecule has 2 aliphatic heterocycles. The van der Waals surface area contributed by atoms with Crippen molar-refractivity contribution >= 4 is 23.6 Å². The molecule has 130 valence electrons. The van der Waals surface area contributed by atoms with Gasteiger partial charge in [0.2, 0.25) is 11.8 Å². The second kappa shape index (κ2) is 8.38. The Labute approximate surface area is 142 Å². The van der Waals surface area contributed by atoms with Crippen molar-refractivity contribution in [2.45, 2.75) is 46.6 Å². The molecular weight excluding hydrogens is 308 g/mol. The number of carbonyl (C=O) groups excluding carboxylic acids is 4. The number of allylic oxidation sites excluding steroid dienone is 3. The second-order valence-corrected chi connectivity index (χ2v) is 5.64. The summed E-state index contributed by atoms with van der Waals surface area (Å²) < 4.78 is 0. The van der Waals surface area contributed by atoms with Crippen LogP contribution in [0.3, 0.4) is 0 Å². The lowest BCUT2D eigenvalue weighted by Crippen LogP contribution is -2.54. The molecule has 2 aliphatic rings. The molecule has 0 aromatic heterocycles. The molecule has 2 saturated heterocycles. The number of amides is 4. The minimum atomic E-state index is -0.950. The lowest BCUT2D eigenvalue weighted by molar-refractivity contribution is -0.149. The summed E-state index contributed by atoms with van der Waals surface area (Å²) in [6, 6.07) is -0.950. The third kappa shape index (κ3) is 4.07. The van der Waals surface area contributed by atoms with E-state index in [4.69, 9.17) is 0 Å². The predicted octanol–water partition coefficient (Wildman–Crippen LogP) is 1.88. The van der Waals surface area contributed by atoms with Gasteiger partial charge in [0.15, 0.2) is 0 Å². The Hall–Kier alpha value is -2.50. The number of likely N-dealkylation sites (tertiary alicyclic amines) is 1. The summed E-state index contributed by atoms with van der Waals surface area (Å²) in [6.07, 6.45) is 5.36. The number of rotatable bonds is 3. The Balaban J connectivity index is 0.00000139. The molecule has 0 saturated carbocycles. The monoisotopic (exact) mass is 332 g/mol. The number of hydrogen-bond donors (Lipinski definition) is 1. The predicted molar refractivity (Wildman–Crippen MR) is 90.6 cm³/mol. The first-order valence-corrected chi connectivity index (χ1v) is 8.12. The maximum Gasteiger partial charge on any atom is 0.262 e. The molecule has 0 spiro atoms. The molecule has 0 aliphatic carbocycles. The van der Waals surface area contributed by atoms with Gasteiger partial charge in [0, 0.05) is 12.0 Å². The average molecular weight is 332 g/mol. The van der Waals surface area contributed by atoms with Crippen molar-refractivity contribution in [3.8, 4) is 0 Å². The third-order valence-corrected chi connectivity index (χ3v) is 3.53. The van der Waals surface area contributed by atoms with Gasteiger partial charge in [0.25, 0.3) is 11.8 Å². The second-order valence-electron chi connectivity index (χ2n) is 5.64. The van der Waals surface area contributed by atoms with Gasteiger partial charge in [0.1, 0.15) is 6.04 Å². The van der Waals surface area contributed by atoms with E-state index in [1.165, 1.54) is 6.08 Å². The van der Waals surface area contributed by atoms with Gasteiger partial charge in [-0.25, -0.2) is 0 Å². The van der Waals surface area contributed by atoms with Crippen LogP contribution in [0.25, 0.3) is 0 Å². The lowest BCUT2D eigenvalue weighted by atomic mass is 10.0. The highest BCUT2D eigenvalue weighted by Gasteiger charge is 2.45. The SMILES string of the molecule is C=C1C(=O)N(C2CCC(=O)NC2=O)C(=O)/C1=C/C=C\C(C)C.CC. The van der Waals surface area contributed by atoms with Crippen LogP contribution in [-0.4, -0.2) is 34.6 Å². The van der Waals surface area contributed by atoms with Gasteiger partial charge in [0.05, 0.1) is 5.57 Å².